The average molecular weight is 263 g/mol. The van der Waals surface area contributed by atoms with Crippen LogP contribution < -0.4 is 4.90 Å². The Hall–Kier alpha value is -1.50. The fourth-order valence-electron chi connectivity index (χ4n) is 1.63. The van der Waals surface area contributed by atoms with Crippen molar-refractivity contribution in [2.45, 2.75) is 0 Å². The quantitative estimate of drug-likeness (QED) is 0.818. The molecule has 0 aliphatic heterocycles. The van der Waals surface area contributed by atoms with Gasteiger partial charge in [-0.3, -0.25) is 0 Å². The summed E-state index contributed by atoms with van der Waals surface area (Å²) >= 11 is 7.44. The van der Waals surface area contributed by atoms with Gasteiger partial charge in [0.15, 0.2) is 0 Å². The van der Waals surface area contributed by atoms with Gasteiger partial charge in [0, 0.05) is 30.1 Å². The van der Waals surface area contributed by atoms with Crippen LogP contribution in [-0.2, 0) is 0 Å². The Labute approximate surface area is 110 Å². The average Bonchev–Trinajstić information content (AvgIpc) is 2.73. The number of anilines is 1. The summed E-state index contributed by atoms with van der Waals surface area (Å²) in [6.45, 7) is 0. The van der Waals surface area contributed by atoms with E-state index in [1.807, 2.05) is 48.6 Å². The van der Waals surface area contributed by atoms with Crippen molar-refractivity contribution in [1.29, 1.82) is 5.26 Å². The van der Waals surface area contributed by atoms with Crippen molar-refractivity contribution >= 4 is 27.9 Å². The first kappa shape index (κ1) is 12.0. The van der Waals surface area contributed by atoms with Crippen LogP contribution >= 0.6 is 22.9 Å². The highest BCUT2D eigenvalue weighted by atomic mass is 35.5. The monoisotopic (exact) mass is 262 g/mol. The lowest BCUT2D eigenvalue weighted by Crippen LogP contribution is -2.07. The SMILES string of the molecule is CN(C)c1scc(-c2ccc(Cl)cc2)c1C#N. The van der Waals surface area contributed by atoms with Gasteiger partial charge in [-0.25, -0.2) is 0 Å². The molecule has 0 N–H and O–H groups in total. The molecule has 0 atom stereocenters. The predicted octanol–water partition coefficient (Wildman–Crippen LogP) is 4.01. The first-order valence-electron chi connectivity index (χ1n) is 5.08. The van der Waals surface area contributed by atoms with E-state index >= 15 is 0 Å². The molecule has 0 aliphatic carbocycles. The van der Waals surface area contributed by atoms with Crippen molar-refractivity contribution < 1.29 is 0 Å². The summed E-state index contributed by atoms with van der Waals surface area (Å²) < 4.78 is 0. The molecule has 1 aromatic carbocycles. The van der Waals surface area contributed by atoms with E-state index in [9.17, 15) is 5.26 Å². The number of hydrogen-bond donors (Lipinski definition) is 0. The third-order valence-electron chi connectivity index (χ3n) is 2.44. The van der Waals surface area contributed by atoms with E-state index in [4.69, 9.17) is 11.6 Å². The molecule has 0 saturated carbocycles. The fourth-order valence-corrected chi connectivity index (χ4v) is 2.72. The minimum Gasteiger partial charge on any atom is -0.368 e. The molecule has 0 radical (unpaired) electrons. The van der Waals surface area contributed by atoms with Gasteiger partial charge in [-0.05, 0) is 17.7 Å². The Morgan fingerprint density at radius 3 is 2.41 bits per heavy atom. The van der Waals surface area contributed by atoms with Crippen LogP contribution in [0.3, 0.4) is 0 Å². The summed E-state index contributed by atoms with van der Waals surface area (Å²) in [6.07, 6.45) is 0. The molecule has 2 nitrogen and oxygen atoms in total. The van der Waals surface area contributed by atoms with Crippen molar-refractivity contribution in [1.82, 2.24) is 0 Å². The number of rotatable bonds is 2. The van der Waals surface area contributed by atoms with Crippen molar-refractivity contribution in [2.24, 2.45) is 0 Å². The molecule has 4 heteroatoms. The molecule has 0 saturated heterocycles. The van der Waals surface area contributed by atoms with Gasteiger partial charge in [-0.15, -0.1) is 11.3 Å². The van der Waals surface area contributed by atoms with Crippen LogP contribution in [0.1, 0.15) is 5.56 Å². The molecule has 2 aromatic rings. The lowest BCUT2D eigenvalue weighted by atomic mass is 10.1. The number of nitriles is 1. The van der Waals surface area contributed by atoms with Crippen LogP contribution in [-0.4, -0.2) is 14.1 Å². The maximum absolute atomic E-state index is 9.26. The van der Waals surface area contributed by atoms with Crippen LogP contribution in [0, 0.1) is 11.3 Å². The Morgan fingerprint density at radius 2 is 1.88 bits per heavy atom. The number of benzene rings is 1. The fraction of sp³-hybridized carbons (Fsp3) is 0.154. The first-order chi connectivity index (χ1) is 8.13. The number of hydrogen-bond acceptors (Lipinski definition) is 3. The van der Waals surface area contributed by atoms with Crippen molar-refractivity contribution in [3.05, 3.63) is 40.2 Å². The van der Waals surface area contributed by atoms with E-state index < -0.39 is 0 Å². The van der Waals surface area contributed by atoms with Crippen LogP contribution in [0.15, 0.2) is 29.6 Å². The number of nitrogens with zero attached hydrogens (tertiary/aromatic N) is 2. The second-order valence-corrected chi connectivity index (χ2v) is 5.14. The molecule has 0 amide bonds. The highest BCUT2D eigenvalue weighted by Crippen LogP contribution is 2.36. The molecule has 1 aromatic heterocycles. The summed E-state index contributed by atoms with van der Waals surface area (Å²) in [5.74, 6) is 0. The second kappa shape index (κ2) is 4.79. The van der Waals surface area contributed by atoms with Crippen LogP contribution in [0.2, 0.25) is 5.02 Å². The third kappa shape index (κ3) is 2.28. The Balaban J connectivity index is 2.53. The number of halogens is 1. The van der Waals surface area contributed by atoms with E-state index in [0.717, 1.165) is 21.7 Å². The zero-order valence-electron chi connectivity index (χ0n) is 9.57. The molecular weight excluding hydrogens is 252 g/mol. The van der Waals surface area contributed by atoms with Gasteiger partial charge in [0.25, 0.3) is 0 Å². The molecule has 0 aliphatic rings. The molecule has 1 heterocycles. The largest absolute Gasteiger partial charge is 0.368 e. The highest BCUT2D eigenvalue weighted by Gasteiger charge is 2.14. The van der Waals surface area contributed by atoms with Gasteiger partial charge < -0.3 is 4.90 Å². The van der Waals surface area contributed by atoms with Crippen molar-refractivity contribution in [2.75, 3.05) is 19.0 Å². The van der Waals surface area contributed by atoms with Crippen LogP contribution in [0.5, 0.6) is 0 Å². The first-order valence-corrected chi connectivity index (χ1v) is 6.34. The predicted molar refractivity (Wildman–Crippen MR) is 73.8 cm³/mol. The minimum atomic E-state index is 0.704. The summed E-state index contributed by atoms with van der Waals surface area (Å²) in [6, 6.07) is 9.82. The third-order valence-corrected chi connectivity index (χ3v) is 3.84. The van der Waals surface area contributed by atoms with Crippen LogP contribution in [0.25, 0.3) is 11.1 Å². The van der Waals surface area contributed by atoms with E-state index in [1.54, 1.807) is 11.3 Å². The molecule has 2 rings (SSSR count). The normalized spacial score (nSPS) is 10.0. The minimum absolute atomic E-state index is 0.704. The smallest absolute Gasteiger partial charge is 0.109 e. The van der Waals surface area contributed by atoms with Crippen molar-refractivity contribution in [3.8, 4) is 17.2 Å². The van der Waals surface area contributed by atoms with E-state index in [2.05, 4.69) is 6.07 Å². The van der Waals surface area contributed by atoms with E-state index in [0.29, 0.717) is 5.02 Å². The summed E-state index contributed by atoms with van der Waals surface area (Å²) in [4.78, 5) is 1.96. The highest BCUT2D eigenvalue weighted by molar-refractivity contribution is 7.15. The summed E-state index contributed by atoms with van der Waals surface area (Å²) in [7, 11) is 3.89. The Morgan fingerprint density at radius 1 is 1.24 bits per heavy atom. The zero-order chi connectivity index (χ0) is 12.4. The lowest BCUT2D eigenvalue weighted by Gasteiger charge is -2.09. The molecular formula is C13H11ClN2S. The second-order valence-electron chi connectivity index (χ2n) is 3.84. The molecule has 0 unspecified atom stereocenters. The molecule has 0 spiro atoms. The Bertz CT molecular complexity index is 564. The van der Waals surface area contributed by atoms with E-state index in [-0.39, 0.29) is 0 Å². The maximum Gasteiger partial charge on any atom is 0.109 e. The van der Waals surface area contributed by atoms with Gasteiger partial charge in [-0.1, -0.05) is 23.7 Å². The maximum atomic E-state index is 9.26. The molecule has 17 heavy (non-hydrogen) atoms. The van der Waals surface area contributed by atoms with E-state index in [1.165, 1.54) is 0 Å². The van der Waals surface area contributed by atoms with Gasteiger partial charge in [0.05, 0.1) is 5.56 Å². The van der Waals surface area contributed by atoms with Gasteiger partial charge in [-0.2, -0.15) is 5.26 Å². The Kier molecular flexibility index (Phi) is 3.37. The van der Waals surface area contributed by atoms with Gasteiger partial charge in [0.1, 0.15) is 11.1 Å². The topological polar surface area (TPSA) is 27.0 Å². The van der Waals surface area contributed by atoms with Crippen molar-refractivity contribution in [3.63, 3.8) is 0 Å². The lowest BCUT2D eigenvalue weighted by molar-refractivity contribution is 1.15. The zero-order valence-corrected chi connectivity index (χ0v) is 11.1. The molecule has 0 fully saturated rings. The summed E-state index contributed by atoms with van der Waals surface area (Å²) in [5.41, 5.74) is 2.72. The summed E-state index contributed by atoms with van der Waals surface area (Å²) in [5, 5.41) is 13.0. The number of thiophene rings is 1. The van der Waals surface area contributed by atoms with Gasteiger partial charge in [0.2, 0.25) is 0 Å². The standard InChI is InChI=1S/C13H11ClN2S/c1-16(2)13-11(7-15)12(8-17-13)9-3-5-10(14)6-4-9/h3-6,8H,1-2H3. The van der Waals surface area contributed by atoms with Gasteiger partial charge >= 0.3 is 0 Å². The molecule has 86 valence electrons. The van der Waals surface area contributed by atoms with Crippen LogP contribution in [0.4, 0.5) is 5.00 Å². The molecule has 0 bridgehead atoms.